The minimum Gasteiger partial charge on any atom is -0.507 e. The number of carbonyl (C=O) groups excluding carboxylic acids is 2. The molecule has 1 aromatic carbocycles. The minimum atomic E-state index is -0.679. The molecular formula is C23H27NO5S. The van der Waals surface area contributed by atoms with Crippen LogP contribution in [-0.2, 0) is 14.3 Å². The molecule has 1 saturated heterocycles. The van der Waals surface area contributed by atoms with Crippen LogP contribution in [0.4, 0.5) is 0 Å². The van der Waals surface area contributed by atoms with E-state index in [-0.39, 0.29) is 17.9 Å². The molecule has 1 atom stereocenters. The van der Waals surface area contributed by atoms with Crippen molar-refractivity contribution < 1.29 is 24.2 Å². The number of ketones is 1. The van der Waals surface area contributed by atoms with E-state index in [0.29, 0.717) is 30.4 Å². The zero-order valence-electron chi connectivity index (χ0n) is 17.7. The van der Waals surface area contributed by atoms with Gasteiger partial charge in [-0.15, -0.1) is 11.3 Å². The Bertz CT molecular complexity index is 949. The van der Waals surface area contributed by atoms with Gasteiger partial charge >= 0.3 is 0 Å². The van der Waals surface area contributed by atoms with Gasteiger partial charge in [-0.3, -0.25) is 9.59 Å². The Morgan fingerprint density at radius 1 is 1.27 bits per heavy atom. The predicted molar refractivity (Wildman–Crippen MR) is 117 cm³/mol. The minimum absolute atomic E-state index is 0.109. The van der Waals surface area contributed by atoms with Crippen molar-refractivity contribution in [2.75, 3.05) is 26.9 Å². The quantitative estimate of drug-likeness (QED) is 0.387. The molecule has 30 heavy (non-hydrogen) atoms. The van der Waals surface area contributed by atoms with Crippen LogP contribution in [0.25, 0.3) is 5.76 Å². The molecule has 3 rings (SSSR count). The third kappa shape index (κ3) is 4.42. The van der Waals surface area contributed by atoms with E-state index in [1.165, 1.54) is 16.2 Å². The number of ether oxygens (including phenoxy) is 2. The zero-order valence-corrected chi connectivity index (χ0v) is 18.5. The van der Waals surface area contributed by atoms with E-state index in [9.17, 15) is 14.7 Å². The normalized spacial score (nSPS) is 18.4. The van der Waals surface area contributed by atoms with E-state index in [2.05, 4.69) is 13.8 Å². The molecule has 1 aromatic heterocycles. The average Bonchev–Trinajstić information content (AvgIpc) is 3.32. The second-order valence-electron chi connectivity index (χ2n) is 7.68. The third-order valence-electron chi connectivity index (χ3n) is 4.93. The largest absolute Gasteiger partial charge is 0.507 e. The number of Topliss-reactive ketones (excluding diaryl/α,β-unsaturated/α-hetero) is 1. The number of nitrogens with zero attached hydrogens (tertiary/aromatic N) is 1. The smallest absolute Gasteiger partial charge is 0.295 e. The fourth-order valence-electron chi connectivity index (χ4n) is 3.44. The second-order valence-corrected chi connectivity index (χ2v) is 8.66. The van der Waals surface area contributed by atoms with Gasteiger partial charge in [-0.2, -0.15) is 0 Å². The number of aliphatic hydroxyl groups is 1. The van der Waals surface area contributed by atoms with Crippen LogP contribution < -0.4 is 4.74 Å². The summed E-state index contributed by atoms with van der Waals surface area (Å²) in [7, 11) is 1.54. The van der Waals surface area contributed by atoms with Crippen LogP contribution in [0, 0.1) is 12.8 Å². The fourth-order valence-corrected chi connectivity index (χ4v) is 4.29. The molecule has 1 amide bonds. The van der Waals surface area contributed by atoms with Gasteiger partial charge in [-0.1, -0.05) is 19.9 Å². The number of hydrogen-bond donors (Lipinski definition) is 1. The van der Waals surface area contributed by atoms with Crippen molar-refractivity contribution in [1.29, 1.82) is 0 Å². The number of benzene rings is 1. The van der Waals surface area contributed by atoms with Gasteiger partial charge in [0.2, 0.25) is 0 Å². The molecule has 1 aliphatic rings. The summed E-state index contributed by atoms with van der Waals surface area (Å²) in [6.45, 7) is 7.14. The van der Waals surface area contributed by atoms with Crippen LogP contribution in [0.2, 0.25) is 0 Å². The Morgan fingerprint density at radius 2 is 2.03 bits per heavy atom. The molecule has 7 heteroatoms. The van der Waals surface area contributed by atoms with Crippen LogP contribution in [0.1, 0.15) is 35.9 Å². The summed E-state index contributed by atoms with van der Waals surface area (Å²) in [5.41, 5.74) is 1.39. The van der Waals surface area contributed by atoms with Crippen LogP contribution in [0.15, 0.2) is 41.3 Å². The number of carbonyl (C=O) groups is 2. The number of thiophene rings is 1. The van der Waals surface area contributed by atoms with Gasteiger partial charge in [0.05, 0.1) is 24.8 Å². The van der Waals surface area contributed by atoms with E-state index >= 15 is 0 Å². The maximum atomic E-state index is 12.9. The first-order valence-electron chi connectivity index (χ1n) is 9.89. The van der Waals surface area contributed by atoms with E-state index < -0.39 is 17.7 Å². The highest BCUT2D eigenvalue weighted by atomic mass is 32.1. The zero-order chi connectivity index (χ0) is 21.8. The highest BCUT2D eigenvalue weighted by Crippen LogP contribution is 2.41. The second kappa shape index (κ2) is 9.45. The van der Waals surface area contributed by atoms with Crippen LogP contribution >= 0.6 is 11.3 Å². The third-order valence-corrected chi connectivity index (χ3v) is 5.85. The van der Waals surface area contributed by atoms with Gasteiger partial charge in [-0.05, 0) is 48.1 Å². The molecule has 0 radical (unpaired) electrons. The number of aliphatic hydroxyl groups excluding tert-OH is 1. The van der Waals surface area contributed by atoms with Crippen molar-refractivity contribution in [2.45, 2.75) is 26.8 Å². The summed E-state index contributed by atoms with van der Waals surface area (Å²) in [6.07, 6.45) is 0. The molecule has 1 fully saturated rings. The molecule has 1 aliphatic heterocycles. The van der Waals surface area contributed by atoms with Gasteiger partial charge in [0.25, 0.3) is 11.7 Å². The van der Waals surface area contributed by atoms with E-state index in [1.807, 2.05) is 30.5 Å². The summed E-state index contributed by atoms with van der Waals surface area (Å²) >= 11 is 1.44. The lowest BCUT2D eigenvalue weighted by atomic mass is 9.97. The van der Waals surface area contributed by atoms with Crippen molar-refractivity contribution in [1.82, 2.24) is 4.90 Å². The molecule has 0 saturated carbocycles. The summed E-state index contributed by atoms with van der Waals surface area (Å²) in [5, 5.41) is 13.0. The Kier molecular flexibility index (Phi) is 6.95. The van der Waals surface area contributed by atoms with Crippen molar-refractivity contribution in [3.8, 4) is 5.75 Å². The first-order chi connectivity index (χ1) is 14.3. The lowest BCUT2D eigenvalue weighted by Crippen LogP contribution is -2.32. The summed E-state index contributed by atoms with van der Waals surface area (Å²) in [6, 6.07) is 8.43. The van der Waals surface area contributed by atoms with Crippen molar-refractivity contribution >= 4 is 28.8 Å². The van der Waals surface area contributed by atoms with E-state index in [4.69, 9.17) is 9.47 Å². The number of rotatable bonds is 8. The fraction of sp³-hybridized carbons (Fsp3) is 0.391. The van der Waals surface area contributed by atoms with Crippen LogP contribution in [-0.4, -0.2) is 48.6 Å². The van der Waals surface area contributed by atoms with Gasteiger partial charge in [0.1, 0.15) is 11.5 Å². The number of amides is 1. The SMILES string of the molecule is COCCN1C(=O)C(=O)/C(=C(/O)c2ccc(OCC(C)C)cc2C)[C@H]1c1cccs1. The molecule has 2 aromatic rings. The Hall–Kier alpha value is -2.64. The molecule has 0 spiro atoms. The van der Waals surface area contributed by atoms with Crippen LogP contribution in [0.5, 0.6) is 5.75 Å². The standard InChI is InChI=1S/C23H27NO5S/c1-14(2)13-29-16-7-8-17(15(3)12-16)21(25)19-20(18-6-5-11-30-18)24(9-10-28-4)23(27)22(19)26/h5-8,11-12,14,20,25H,9-10,13H2,1-4H3/b21-19+/t20-/m1/s1. The van der Waals surface area contributed by atoms with Gasteiger partial charge < -0.3 is 19.5 Å². The molecule has 160 valence electrons. The Balaban J connectivity index is 2.03. The molecule has 0 unspecified atom stereocenters. The molecule has 0 bridgehead atoms. The summed E-state index contributed by atoms with van der Waals surface area (Å²) < 4.78 is 10.9. The van der Waals surface area contributed by atoms with E-state index in [0.717, 1.165) is 10.4 Å². The first kappa shape index (κ1) is 22.1. The molecule has 6 nitrogen and oxygen atoms in total. The Morgan fingerprint density at radius 3 is 2.63 bits per heavy atom. The lowest BCUT2D eigenvalue weighted by Gasteiger charge is -2.23. The van der Waals surface area contributed by atoms with Crippen LogP contribution in [0.3, 0.4) is 0 Å². The molecule has 0 aliphatic carbocycles. The van der Waals surface area contributed by atoms with Gasteiger partial charge in [0, 0.05) is 24.1 Å². The predicted octanol–water partition coefficient (Wildman–Crippen LogP) is 4.16. The van der Waals surface area contributed by atoms with Gasteiger partial charge in [-0.25, -0.2) is 0 Å². The van der Waals surface area contributed by atoms with Crippen molar-refractivity contribution in [2.24, 2.45) is 5.92 Å². The lowest BCUT2D eigenvalue weighted by molar-refractivity contribution is -0.140. The Labute approximate surface area is 180 Å². The molecule has 2 heterocycles. The van der Waals surface area contributed by atoms with Crippen molar-refractivity contribution in [3.63, 3.8) is 0 Å². The van der Waals surface area contributed by atoms with E-state index in [1.54, 1.807) is 19.2 Å². The number of likely N-dealkylation sites (tertiary alicyclic amines) is 1. The highest BCUT2D eigenvalue weighted by molar-refractivity contribution is 7.10. The molecule has 1 N–H and O–H groups in total. The monoisotopic (exact) mass is 429 g/mol. The maximum absolute atomic E-state index is 12.9. The molecular weight excluding hydrogens is 402 g/mol. The highest BCUT2D eigenvalue weighted by Gasteiger charge is 2.46. The topological polar surface area (TPSA) is 76.1 Å². The summed E-state index contributed by atoms with van der Waals surface area (Å²) in [5.74, 6) is -0.372. The number of hydrogen-bond acceptors (Lipinski definition) is 6. The number of aryl methyl sites for hydroxylation is 1. The average molecular weight is 430 g/mol. The first-order valence-corrected chi connectivity index (χ1v) is 10.8. The number of methoxy groups -OCH3 is 1. The summed E-state index contributed by atoms with van der Waals surface area (Å²) in [4.78, 5) is 27.9. The van der Waals surface area contributed by atoms with Gasteiger partial charge in [0.15, 0.2) is 0 Å². The maximum Gasteiger partial charge on any atom is 0.295 e. The van der Waals surface area contributed by atoms with Crippen molar-refractivity contribution in [3.05, 3.63) is 57.3 Å².